The Labute approximate surface area is 147 Å². The quantitative estimate of drug-likeness (QED) is 0.919. The van der Waals surface area contributed by atoms with Crippen LogP contribution < -0.4 is 14.8 Å². The average molecular weight is 343 g/mol. The Hall–Kier alpha value is -2.56. The number of rotatable bonds is 4. The van der Waals surface area contributed by atoms with E-state index in [1.165, 1.54) is 12.1 Å². The molecule has 2 aromatic rings. The van der Waals surface area contributed by atoms with E-state index in [1.807, 2.05) is 32.0 Å². The Kier molecular flexibility index (Phi) is 4.66. The summed E-state index contributed by atoms with van der Waals surface area (Å²) in [6.45, 7) is 3.99. The molecule has 0 radical (unpaired) electrons. The van der Waals surface area contributed by atoms with Gasteiger partial charge in [0.2, 0.25) is 5.91 Å². The first-order chi connectivity index (χ1) is 11.9. The Morgan fingerprint density at radius 1 is 1.28 bits per heavy atom. The lowest BCUT2D eigenvalue weighted by Gasteiger charge is -2.38. The molecule has 1 N–H and O–H groups in total. The number of methoxy groups -OCH3 is 1. The van der Waals surface area contributed by atoms with Gasteiger partial charge in [0, 0.05) is 18.1 Å². The summed E-state index contributed by atoms with van der Waals surface area (Å²) in [5, 5.41) is 3.08. The lowest BCUT2D eigenvalue weighted by molar-refractivity contribution is -0.121. The van der Waals surface area contributed by atoms with Crippen molar-refractivity contribution in [1.29, 1.82) is 0 Å². The Balaban J connectivity index is 1.77. The summed E-state index contributed by atoms with van der Waals surface area (Å²) in [6.07, 6.45) is 0.880. The Morgan fingerprint density at radius 2 is 2.00 bits per heavy atom. The summed E-state index contributed by atoms with van der Waals surface area (Å²) in [4.78, 5) is 12.4. The van der Waals surface area contributed by atoms with Gasteiger partial charge in [0.05, 0.1) is 19.6 Å². The molecule has 0 fully saturated rings. The van der Waals surface area contributed by atoms with Crippen molar-refractivity contribution in [3.63, 3.8) is 0 Å². The number of hydrogen-bond acceptors (Lipinski definition) is 3. The minimum absolute atomic E-state index is 0.101. The monoisotopic (exact) mass is 343 g/mol. The molecule has 1 aliphatic rings. The fourth-order valence-electron chi connectivity index (χ4n) is 3.12. The van der Waals surface area contributed by atoms with Gasteiger partial charge in [-0.05, 0) is 43.7 Å². The summed E-state index contributed by atoms with van der Waals surface area (Å²) < 4.78 is 24.3. The van der Waals surface area contributed by atoms with E-state index in [-0.39, 0.29) is 24.2 Å². The molecule has 0 aliphatic carbocycles. The van der Waals surface area contributed by atoms with Crippen LogP contribution in [-0.4, -0.2) is 18.6 Å². The first kappa shape index (κ1) is 17.3. The summed E-state index contributed by atoms with van der Waals surface area (Å²) in [5.74, 6) is 1.03. The molecule has 0 unspecified atom stereocenters. The molecule has 3 rings (SSSR count). The standard InChI is InChI=1S/C20H22FNO3/c1-20(2)12-17(16-9-8-15(24-3)11-18(16)25-20)22-19(23)10-13-4-6-14(21)7-5-13/h4-9,11,17H,10,12H2,1-3H3,(H,22,23)/t17-/m1/s1. The first-order valence-electron chi connectivity index (χ1n) is 8.27. The molecule has 1 atom stereocenters. The number of halogens is 1. The Bertz CT molecular complexity index is 771. The van der Waals surface area contributed by atoms with Crippen molar-refractivity contribution in [3.8, 4) is 11.5 Å². The zero-order valence-corrected chi connectivity index (χ0v) is 14.6. The molecule has 25 heavy (non-hydrogen) atoms. The summed E-state index contributed by atoms with van der Waals surface area (Å²) in [6, 6.07) is 11.5. The predicted octanol–water partition coefficient (Wildman–Crippen LogP) is 3.80. The van der Waals surface area contributed by atoms with E-state index in [1.54, 1.807) is 19.2 Å². The molecule has 0 aromatic heterocycles. The largest absolute Gasteiger partial charge is 0.497 e. The number of benzene rings is 2. The van der Waals surface area contributed by atoms with Gasteiger partial charge in [0.1, 0.15) is 22.9 Å². The van der Waals surface area contributed by atoms with Crippen LogP contribution in [0.1, 0.15) is 37.4 Å². The fraction of sp³-hybridized carbons (Fsp3) is 0.350. The van der Waals surface area contributed by atoms with Crippen molar-refractivity contribution in [2.75, 3.05) is 7.11 Å². The van der Waals surface area contributed by atoms with Gasteiger partial charge in [0.25, 0.3) is 0 Å². The van der Waals surface area contributed by atoms with E-state index < -0.39 is 5.60 Å². The average Bonchev–Trinajstić information content (AvgIpc) is 2.55. The molecule has 0 saturated carbocycles. The molecule has 1 heterocycles. The second-order valence-corrected chi connectivity index (χ2v) is 6.89. The summed E-state index contributed by atoms with van der Waals surface area (Å²) in [7, 11) is 1.61. The van der Waals surface area contributed by atoms with Crippen LogP contribution in [0, 0.1) is 5.82 Å². The van der Waals surface area contributed by atoms with Crippen molar-refractivity contribution < 1.29 is 18.7 Å². The number of carbonyl (C=O) groups excluding carboxylic acids is 1. The van der Waals surface area contributed by atoms with E-state index in [0.29, 0.717) is 12.2 Å². The van der Waals surface area contributed by atoms with Crippen LogP contribution in [0.3, 0.4) is 0 Å². The van der Waals surface area contributed by atoms with E-state index >= 15 is 0 Å². The Morgan fingerprint density at radius 3 is 2.68 bits per heavy atom. The zero-order chi connectivity index (χ0) is 18.0. The van der Waals surface area contributed by atoms with Gasteiger partial charge < -0.3 is 14.8 Å². The second kappa shape index (κ2) is 6.75. The molecule has 1 amide bonds. The van der Waals surface area contributed by atoms with E-state index in [2.05, 4.69) is 5.32 Å². The maximum Gasteiger partial charge on any atom is 0.224 e. The van der Waals surface area contributed by atoms with Gasteiger partial charge in [-0.15, -0.1) is 0 Å². The topological polar surface area (TPSA) is 47.6 Å². The molecular weight excluding hydrogens is 321 g/mol. The highest BCUT2D eigenvalue weighted by atomic mass is 19.1. The van der Waals surface area contributed by atoms with Crippen LogP contribution in [0.2, 0.25) is 0 Å². The minimum atomic E-state index is -0.396. The summed E-state index contributed by atoms with van der Waals surface area (Å²) in [5.41, 5.74) is 1.32. The van der Waals surface area contributed by atoms with Crippen LogP contribution in [-0.2, 0) is 11.2 Å². The highest BCUT2D eigenvalue weighted by molar-refractivity contribution is 5.79. The third-order valence-electron chi connectivity index (χ3n) is 4.29. The number of amides is 1. The lowest BCUT2D eigenvalue weighted by Crippen LogP contribution is -2.41. The molecule has 0 spiro atoms. The molecule has 0 bridgehead atoms. The van der Waals surface area contributed by atoms with Crippen molar-refractivity contribution in [2.45, 2.75) is 38.3 Å². The number of carbonyl (C=O) groups is 1. The van der Waals surface area contributed by atoms with Gasteiger partial charge in [-0.25, -0.2) is 4.39 Å². The smallest absolute Gasteiger partial charge is 0.224 e. The minimum Gasteiger partial charge on any atom is -0.497 e. The number of nitrogens with one attached hydrogen (secondary N) is 1. The normalized spacial score (nSPS) is 18.0. The van der Waals surface area contributed by atoms with Crippen molar-refractivity contribution in [1.82, 2.24) is 5.32 Å². The van der Waals surface area contributed by atoms with Gasteiger partial charge in [0.15, 0.2) is 0 Å². The highest BCUT2D eigenvalue weighted by Gasteiger charge is 2.34. The van der Waals surface area contributed by atoms with Crippen LogP contribution in [0.15, 0.2) is 42.5 Å². The fourth-order valence-corrected chi connectivity index (χ4v) is 3.12. The molecule has 4 nitrogen and oxygen atoms in total. The van der Waals surface area contributed by atoms with Gasteiger partial charge in [-0.2, -0.15) is 0 Å². The molecule has 1 aliphatic heterocycles. The predicted molar refractivity (Wildman–Crippen MR) is 93.3 cm³/mol. The zero-order valence-electron chi connectivity index (χ0n) is 14.6. The second-order valence-electron chi connectivity index (χ2n) is 6.89. The van der Waals surface area contributed by atoms with Crippen LogP contribution in [0.25, 0.3) is 0 Å². The van der Waals surface area contributed by atoms with E-state index in [0.717, 1.165) is 16.9 Å². The highest BCUT2D eigenvalue weighted by Crippen LogP contribution is 2.41. The number of hydrogen-bond donors (Lipinski definition) is 1. The van der Waals surface area contributed by atoms with Crippen molar-refractivity contribution >= 4 is 5.91 Å². The van der Waals surface area contributed by atoms with Crippen LogP contribution in [0.5, 0.6) is 11.5 Å². The maximum atomic E-state index is 13.0. The summed E-state index contributed by atoms with van der Waals surface area (Å²) >= 11 is 0. The van der Waals surface area contributed by atoms with Gasteiger partial charge >= 0.3 is 0 Å². The van der Waals surface area contributed by atoms with Crippen molar-refractivity contribution in [3.05, 3.63) is 59.4 Å². The van der Waals surface area contributed by atoms with Gasteiger partial charge in [-0.3, -0.25) is 4.79 Å². The van der Waals surface area contributed by atoms with Crippen molar-refractivity contribution in [2.24, 2.45) is 0 Å². The van der Waals surface area contributed by atoms with E-state index in [9.17, 15) is 9.18 Å². The molecular formula is C20H22FNO3. The van der Waals surface area contributed by atoms with Crippen LogP contribution >= 0.6 is 0 Å². The molecule has 0 saturated heterocycles. The van der Waals surface area contributed by atoms with E-state index in [4.69, 9.17) is 9.47 Å². The molecule has 132 valence electrons. The maximum absolute atomic E-state index is 13.0. The number of ether oxygens (including phenoxy) is 2. The molecule has 5 heteroatoms. The lowest BCUT2D eigenvalue weighted by atomic mass is 9.89. The number of fused-ring (bicyclic) bond motifs is 1. The third-order valence-corrected chi connectivity index (χ3v) is 4.29. The third kappa shape index (κ3) is 4.10. The van der Waals surface area contributed by atoms with Crippen LogP contribution in [0.4, 0.5) is 4.39 Å². The van der Waals surface area contributed by atoms with Gasteiger partial charge in [-0.1, -0.05) is 12.1 Å². The SMILES string of the molecule is COc1ccc2c(c1)OC(C)(C)C[C@H]2NC(=O)Cc1ccc(F)cc1. The molecule has 2 aromatic carbocycles. The first-order valence-corrected chi connectivity index (χ1v) is 8.27.